The van der Waals surface area contributed by atoms with Crippen LogP contribution in [0.3, 0.4) is 0 Å². The van der Waals surface area contributed by atoms with Crippen LogP contribution in [0.15, 0.2) is 51.8 Å². The molecule has 1 unspecified atom stereocenters. The summed E-state index contributed by atoms with van der Waals surface area (Å²) in [5.41, 5.74) is 2.26. The van der Waals surface area contributed by atoms with E-state index in [4.69, 9.17) is 0 Å². The zero-order chi connectivity index (χ0) is 15.2. The molecule has 4 heteroatoms. The minimum Gasteiger partial charge on any atom is -0.310 e. The molecule has 1 N–H and O–H groups in total. The highest BCUT2D eigenvalue weighted by Gasteiger charge is 2.05. The zero-order valence-corrected chi connectivity index (χ0v) is 14.6. The van der Waals surface area contributed by atoms with E-state index in [0.29, 0.717) is 6.04 Å². The van der Waals surface area contributed by atoms with Crippen LogP contribution in [0.25, 0.3) is 0 Å². The summed E-state index contributed by atoms with van der Waals surface area (Å²) in [5.74, 6) is 0.560. The largest absolute Gasteiger partial charge is 0.310 e. The van der Waals surface area contributed by atoms with Crippen molar-refractivity contribution in [3.63, 3.8) is 0 Å². The molecular formula is C17H19BrFNS. The van der Waals surface area contributed by atoms with Crippen LogP contribution >= 0.6 is 27.7 Å². The van der Waals surface area contributed by atoms with Crippen molar-refractivity contribution < 1.29 is 4.39 Å². The number of thioether (sulfide) groups is 1. The third-order valence-corrected chi connectivity index (χ3v) is 4.72. The fourth-order valence-electron chi connectivity index (χ4n) is 2.16. The topological polar surface area (TPSA) is 12.0 Å². The van der Waals surface area contributed by atoms with E-state index >= 15 is 0 Å². The smallest absolute Gasteiger partial charge is 0.124 e. The van der Waals surface area contributed by atoms with E-state index in [-0.39, 0.29) is 5.82 Å². The molecule has 0 radical (unpaired) electrons. The van der Waals surface area contributed by atoms with Gasteiger partial charge >= 0.3 is 0 Å². The Morgan fingerprint density at radius 1 is 1.24 bits per heavy atom. The molecule has 1 atom stereocenters. The summed E-state index contributed by atoms with van der Waals surface area (Å²) in [6, 6.07) is 13.9. The van der Waals surface area contributed by atoms with Gasteiger partial charge in [-0.3, -0.25) is 0 Å². The predicted molar refractivity (Wildman–Crippen MR) is 92.2 cm³/mol. The van der Waals surface area contributed by atoms with Gasteiger partial charge in [-0.05, 0) is 54.9 Å². The third kappa shape index (κ3) is 5.13. The standard InChI is InChI=1S/C17H19BrFNS/c1-3-20-12(2)14-5-4-6-17(9-14)21-11-13-7-15(18)10-16(19)8-13/h4-10,12,20H,3,11H2,1-2H3. The molecule has 21 heavy (non-hydrogen) atoms. The molecule has 0 spiro atoms. The minimum absolute atomic E-state index is 0.200. The van der Waals surface area contributed by atoms with Gasteiger partial charge in [0.05, 0.1) is 0 Å². The molecule has 0 aliphatic heterocycles. The Hall–Kier alpha value is -0.840. The van der Waals surface area contributed by atoms with E-state index in [9.17, 15) is 4.39 Å². The van der Waals surface area contributed by atoms with E-state index in [1.807, 2.05) is 6.07 Å². The van der Waals surface area contributed by atoms with Crippen molar-refractivity contribution in [3.05, 3.63) is 63.9 Å². The SMILES string of the molecule is CCNC(C)c1cccc(SCc2cc(F)cc(Br)c2)c1. The van der Waals surface area contributed by atoms with Gasteiger partial charge < -0.3 is 5.32 Å². The Kier molecular flexibility index (Phi) is 6.27. The number of hydrogen-bond acceptors (Lipinski definition) is 2. The number of halogens is 2. The molecule has 0 aromatic heterocycles. The molecule has 2 aromatic carbocycles. The molecule has 2 rings (SSSR count). The Balaban J connectivity index is 2.04. The number of benzene rings is 2. The molecule has 112 valence electrons. The van der Waals surface area contributed by atoms with Crippen molar-refractivity contribution in [2.75, 3.05) is 6.54 Å². The monoisotopic (exact) mass is 367 g/mol. The van der Waals surface area contributed by atoms with Gasteiger partial charge in [0.2, 0.25) is 0 Å². The maximum Gasteiger partial charge on any atom is 0.124 e. The highest BCUT2D eigenvalue weighted by Crippen LogP contribution is 2.27. The summed E-state index contributed by atoms with van der Waals surface area (Å²) in [6.07, 6.45) is 0. The van der Waals surface area contributed by atoms with Crippen LogP contribution in [-0.2, 0) is 5.75 Å². The third-order valence-electron chi connectivity index (χ3n) is 3.20. The fourth-order valence-corrected chi connectivity index (χ4v) is 3.57. The summed E-state index contributed by atoms with van der Waals surface area (Å²) < 4.78 is 14.1. The average Bonchev–Trinajstić information content (AvgIpc) is 2.45. The van der Waals surface area contributed by atoms with Crippen molar-refractivity contribution in [1.29, 1.82) is 0 Å². The normalized spacial score (nSPS) is 12.4. The first-order valence-electron chi connectivity index (χ1n) is 6.99. The van der Waals surface area contributed by atoms with E-state index < -0.39 is 0 Å². The molecule has 0 heterocycles. The van der Waals surface area contributed by atoms with Crippen LogP contribution < -0.4 is 5.32 Å². The highest BCUT2D eigenvalue weighted by molar-refractivity contribution is 9.10. The summed E-state index contributed by atoms with van der Waals surface area (Å²) in [5, 5.41) is 3.41. The summed E-state index contributed by atoms with van der Waals surface area (Å²) in [7, 11) is 0. The van der Waals surface area contributed by atoms with E-state index in [2.05, 4.69) is 59.4 Å². The maximum absolute atomic E-state index is 13.4. The van der Waals surface area contributed by atoms with Crippen molar-refractivity contribution in [2.45, 2.75) is 30.5 Å². The minimum atomic E-state index is -0.200. The Morgan fingerprint density at radius 2 is 2.05 bits per heavy atom. The van der Waals surface area contributed by atoms with Gasteiger partial charge in [0.25, 0.3) is 0 Å². The maximum atomic E-state index is 13.4. The lowest BCUT2D eigenvalue weighted by molar-refractivity contribution is 0.597. The molecule has 1 nitrogen and oxygen atoms in total. The first kappa shape index (κ1) is 16.5. The lowest BCUT2D eigenvalue weighted by Gasteiger charge is -2.13. The van der Waals surface area contributed by atoms with Crippen LogP contribution in [-0.4, -0.2) is 6.54 Å². The summed E-state index contributed by atoms with van der Waals surface area (Å²) in [4.78, 5) is 1.21. The van der Waals surface area contributed by atoms with Crippen LogP contribution in [0, 0.1) is 5.82 Å². The van der Waals surface area contributed by atoms with Gasteiger partial charge in [0.1, 0.15) is 5.82 Å². The van der Waals surface area contributed by atoms with Crippen LogP contribution in [0.2, 0.25) is 0 Å². The number of nitrogens with one attached hydrogen (secondary N) is 1. The molecule has 0 amide bonds. The van der Waals surface area contributed by atoms with Crippen molar-refractivity contribution in [1.82, 2.24) is 5.32 Å². The fraction of sp³-hybridized carbons (Fsp3) is 0.294. The predicted octanol–water partition coefficient (Wildman–Crippen LogP) is 5.55. The highest BCUT2D eigenvalue weighted by atomic mass is 79.9. The number of rotatable bonds is 6. The molecule has 0 fully saturated rings. The van der Waals surface area contributed by atoms with Crippen molar-refractivity contribution in [2.24, 2.45) is 0 Å². The van der Waals surface area contributed by atoms with Crippen molar-refractivity contribution in [3.8, 4) is 0 Å². The molecule has 0 bridgehead atoms. The first-order chi connectivity index (χ1) is 10.1. The Labute approximate surface area is 138 Å². The second-order valence-electron chi connectivity index (χ2n) is 4.92. The molecule has 0 aliphatic carbocycles. The lowest BCUT2D eigenvalue weighted by Crippen LogP contribution is -2.17. The average molecular weight is 368 g/mol. The Bertz CT molecular complexity index is 583. The van der Waals surface area contributed by atoms with Gasteiger partial charge in [0.15, 0.2) is 0 Å². The van der Waals surface area contributed by atoms with Gasteiger partial charge in [-0.2, -0.15) is 0 Å². The van der Waals surface area contributed by atoms with Crippen molar-refractivity contribution >= 4 is 27.7 Å². The summed E-state index contributed by atoms with van der Waals surface area (Å²) >= 11 is 5.05. The molecule has 0 saturated carbocycles. The van der Waals surface area contributed by atoms with Gasteiger partial charge in [0, 0.05) is 21.2 Å². The second kappa shape index (κ2) is 7.97. The van der Waals surface area contributed by atoms with Gasteiger partial charge in [-0.15, -0.1) is 11.8 Å². The Morgan fingerprint density at radius 3 is 2.76 bits per heavy atom. The van der Waals surface area contributed by atoms with Crippen LogP contribution in [0.1, 0.15) is 31.0 Å². The molecular weight excluding hydrogens is 349 g/mol. The lowest BCUT2D eigenvalue weighted by atomic mass is 10.1. The summed E-state index contributed by atoms with van der Waals surface area (Å²) in [6.45, 7) is 5.23. The van der Waals surface area contributed by atoms with Crippen LogP contribution in [0.4, 0.5) is 4.39 Å². The molecule has 0 saturated heterocycles. The van der Waals surface area contributed by atoms with E-state index in [0.717, 1.165) is 22.3 Å². The molecule has 2 aromatic rings. The van der Waals surface area contributed by atoms with Crippen LogP contribution in [0.5, 0.6) is 0 Å². The molecule has 0 aliphatic rings. The zero-order valence-electron chi connectivity index (χ0n) is 12.2. The van der Waals surface area contributed by atoms with Gasteiger partial charge in [-0.1, -0.05) is 35.0 Å². The van der Waals surface area contributed by atoms with E-state index in [1.54, 1.807) is 17.8 Å². The van der Waals surface area contributed by atoms with Gasteiger partial charge in [-0.25, -0.2) is 4.39 Å². The van der Waals surface area contributed by atoms with E-state index in [1.165, 1.54) is 16.5 Å². The first-order valence-corrected chi connectivity index (χ1v) is 8.77. The second-order valence-corrected chi connectivity index (χ2v) is 6.88. The quantitative estimate of drug-likeness (QED) is 0.671. The number of hydrogen-bond donors (Lipinski definition) is 1.